The van der Waals surface area contributed by atoms with Crippen LogP contribution in [0.2, 0.25) is 0 Å². The Labute approximate surface area is 129 Å². The Balaban J connectivity index is 2.47. The molecule has 0 aliphatic carbocycles. The molecule has 22 heavy (non-hydrogen) atoms. The van der Waals surface area contributed by atoms with E-state index in [2.05, 4.69) is 0 Å². The first-order chi connectivity index (χ1) is 10.4. The molecular formula is C16H21N3O3. The molecule has 0 bridgehead atoms. The van der Waals surface area contributed by atoms with Crippen molar-refractivity contribution in [3.8, 4) is 0 Å². The molecule has 1 unspecified atom stereocenters. The van der Waals surface area contributed by atoms with Gasteiger partial charge in [-0.2, -0.15) is 0 Å². The Hall–Kier alpha value is -2.34. The molecule has 1 amide bonds. The minimum Gasteiger partial charge on any atom is -0.503 e. The Morgan fingerprint density at radius 3 is 2.36 bits per heavy atom. The molecular weight excluding hydrogens is 282 g/mol. The second-order valence-electron chi connectivity index (χ2n) is 5.49. The van der Waals surface area contributed by atoms with Crippen molar-refractivity contribution in [2.75, 3.05) is 32.1 Å². The first-order valence-corrected chi connectivity index (χ1v) is 7.10. The van der Waals surface area contributed by atoms with Gasteiger partial charge in [0.2, 0.25) is 0 Å². The molecule has 118 valence electrons. The van der Waals surface area contributed by atoms with Crippen molar-refractivity contribution in [3.63, 3.8) is 0 Å². The molecule has 1 aromatic carbocycles. The number of nitrogens with two attached hydrogens (primary N) is 1. The zero-order valence-corrected chi connectivity index (χ0v) is 13.0. The lowest BCUT2D eigenvalue weighted by atomic mass is 9.96. The maximum absolute atomic E-state index is 12.2. The molecule has 2 rings (SSSR count). The average Bonchev–Trinajstić information content (AvgIpc) is 2.72. The maximum atomic E-state index is 12.2. The van der Waals surface area contributed by atoms with Gasteiger partial charge in [0.1, 0.15) is 0 Å². The van der Waals surface area contributed by atoms with Crippen molar-refractivity contribution in [2.24, 2.45) is 5.73 Å². The highest BCUT2D eigenvalue weighted by Crippen LogP contribution is 2.37. The van der Waals surface area contributed by atoms with Crippen LogP contribution in [0.15, 0.2) is 35.6 Å². The molecule has 0 saturated carbocycles. The van der Waals surface area contributed by atoms with E-state index in [0.717, 1.165) is 11.3 Å². The lowest BCUT2D eigenvalue weighted by Crippen LogP contribution is -2.35. The molecule has 6 nitrogen and oxygen atoms in total. The Morgan fingerprint density at radius 1 is 1.32 bits per heavy atom. The van der Waals surface area contributed by atoms with Crippen molar-refractivity contribution in [1.29, 1.82) is 0 Å². The molecule has 3 N–H and O–H groups in total. The molecule has 0 fully saturated rings. The lowest BCUT2D eigenvalue weighted by Gasteiger charge is -2.26. The summed E-state index contributed by atoms with van der Waals surface area (Å²) in [6.45, 7) is 1.89. The number of rotatable bonds is 5. The number of hydrogen-bond acceptors (Lipinski definition) is 5. The number of Topliss-reactive ketones (excluding diaryl/α,β-unsaturated/α-hetero) is 1. The van der Waals surface area contributed by atoms with Crippen LogP contribution in [0, 0.1) is 0 Å². The lowest BCUT2D eigenvalue weighted by molar-refractivity contribution is -0.129. The number of carbonyl (C=O) groups is 2. The second-order valence-corrected chi connectivity index (χ2v) is 5.49. The number of nitrogens with zero attached hydrogens (tertiary/aromatic N) is 2. The van der Waals surface area contributed by atoms with Gasteiger partial charge in [-0.1, -0.05) is 12.1 Å². The SMILES string of the molecule is CC(=O)C1=C(O)C(=O)N(CCN)C1c1ccc(N(C)C)cc1. The summed E-state index contributed by atoms with van der Waals surface area (Å²) in [6, 6.07) is 6.96. The quantitative estimate of drug-likeness (QED) is 0.847. The molecule has 1 aliphatic rings. The Kier molecular flexibility index (Phi) is 4.51. The number of amides is 1. The van der Waals surface area contributed by atoms with E-state index in [9.17, 15) is 14.7 Å². The van der Waals surface area contributed by atoms with Crippen LogP contribution in [-0.4, -0.2) is 48.9 Å². The smallest absolute Gasteiger partial charge is 0.290 e. The van der Waals surface area contributed by atoms with Gasteiger partial charge in [0.15, 0.2) is 11.5 Å². The number of aliphatic hydroxyl groups is 1. The molecule has 1 aromatic rings. The number of hydrogen-bond donors (Lipinski definition) is 2. The number of aliphatic hydroxyl groups excluding tert-OH is 1. The van der Waals surface area contributed by atoms with Gasteiger partial charge in [0, 0.05) is 32.9 Å². The summed E-state index contributed by atoms with van der Waals surface area (Å²) in [5.74, 6) is -1.33. The third-order valence-electron chi connectivity index (χ3n) is 3.78. The summed E-state index contributed by atoms with van der Waals surface area (Å²) in [5.41, 5.74) is 7.48. The van der Waals surface area contributed by atoms with Crippen LogP contribution < -0.4 is 10.6 Å². The van der Waals surface area contributed by atoms with E-state index in [1.807, 2.05) is 43.3 Å². The minimum absolute atomic E-state index is 0.135. The Morgan fingerprint density at radius 2 is 1.91 bits per heavy atom. The predicted octanol–water partition coefficient (Wildman–Crippen LogP) is 0.996. The van der Waals surface area contributed by atoms with E-state index >= 15 is 0 Å². The van der Waals surface area contributed by atoms with Crippen molar-refractivity contribution in [2.45, 2.75) is 13.0 Å². The molecule has 0 spiro atoms. The zero-order valence-electron chi connectivity index (χ0n) is 13.0. The molecule has 1 aliphatic heterocycles. The van der Waals surface area contributed by atoms with Gasteiger partial charge in [-0.25, -0.2) is 0 Å². The molecule has 1 atom stereocenters. The largest absolute Gasteiger partial charge is 0.503 e. The molecule has 0 aromatic heterocycles. The third kappa shape index (κ3) is 2.69. The van der Waals surface area contributed by atoms with Crippen LogP contribution in [0.5, 0.6) is 0 Å². The van der Waals surface area contributed by atoms with Crippen LogP contribution in [0.3, 0.4) is 0 Å². The normalized spacial score (nSPS) is 18.1. The van der Waals surface area contributed by atoms with E-state index in [1.54, 1.807) is 0 Å². The minimum atomic E-state index is -0.579. The van der Waals surface area contributed by atoms with Crippen LogP contribution in [0.4, 0.5) is 5.69 Å². The molecule has 6 heteroatoms. The number of carbonyl (C=O) groups excluding carboxylic acids is 2. The number of ketones is 1. The topological polar surface area (TPSA) is 86.9 Å². The van der Waals surface area contributed by atoms with Gasteiger partial charge in [-0.3, -0.25) is 9.59 Å². The fraction of sp³-hybridized carbons (Fsp3) is 0.375. The molecule has 0 saturated heterocycles. The number of benzene rings is 1. The van der Waals surface area contributed by atoms with Crippen molar-refractivity contribution >= 4 is 17.4 Å². The van der Waals surface area contributed by atoms with E-state index in [-0.39, 0.29) is 24.4 Å². The van der Waals surface area contributed by atoms with Gasteiger partial charge in [-0.15, -0.1) is 0 Å². The van der Waals surface area contributed by atoms with E-state index in [0.29, 0.717) is 0 Å². The molecule has 0 radical (unpaired) electrons. The van der Waals surface area contributed by atoms with Crippen molar-refractivity contribution < 1.29 is 14.7 Å². The van der Waals surface area contributed by atoms with Crippen LogP contribution >= 0.6 is 0 Å². The highest BCUT2D eigenvalue weighted by Gasteiger charge is 2.41. The van der Waals surface area contributed by atoms with Gasteiger partial charge in [0.25, 0.3) is 5.91 Å². The summed E-state index contributed by atoms with van der Waals surface area (Å²) < 4.78 is 0. The van der Waals surface area contributed by atoms with Crippen molar-refractivity contribution in [3.05, 3.63) is 41.2 Å². The monoisotopic (exact) mass is 303 g/mol. The average molecular weight is 303 g/mol. The summed E-state index contributed by atoms with van der Waals surface area (Å²) >= 11 is 0. The highest BCUT2D eigenvalue weighted by molar-refractivity contribution is 6.08. The maximum Gasteiger partial charge on any atom is 0.290 e. The predicted molar refractivity (Wildman–Crippen MR) is 84.6 cm³/mol. The first-order valence-electron chi connectivity index (χ1n) is 7.10. The van der Waals surface area contributed by atoms with Gasteiger partial charge in [-0.05, 0) is 24.6 Å². The number of anilines is 1. The summed E-state index contributed by atoms with van der Waals surface area (Å²) in [5, 5.41) is 10.0. The van der Waals surface area contributed by atoms with Gasteiger partial charge >= 0.3 is 0 Å². The zero-order chi connectivity index (χ0) is 16.4. The summed E-state index contributed by atoms with van der Waals surface area (Å²) in [6.07, 6.45) is 0. The van der Waals surface area contributed by atoms with E-state index in [4.69, 9.17) is 5.73 Å². The fourth-order valence-electron chi connectivity index (χ4n) is 2.68. The molecule has 1 heterocycles. The van der Waals surface area contributed by atoms with Crippen LogP contribution in [0.25, 0.3) is 0 Å². The van der Waals surface area contributed by atoms with E-state index < -0.39 is 17.7 Å². The van der Waals surface area contributed by atoms with Crippen LogP contribution in [-0.2, 0) is 9.59 Å². The van der Waals surface area contributed by atoms with Gasteiger partial charge < -0.3 is 20.6 Å². The first kappa shape index (κ1) is 16.0. The van der Waals surface area contributed by atoms with Crippen LogP contribution in [0.1, 0.15) is 18.5 Å². The summed E-state index contributed by atoms with van der Waals surface area (Å²) in [7, 11) is 3.86. The van der Waals surface area contributed by atoms with Crippen molar-refractivity contribution in [1.82, 2.24) is 4.90 Å². The highest BCUT2D eigenvalue weighted by atomic mass is 16.3. The Bertz CT molecular complexity index is 620. The van der Waals surface area contributed by atoms with E-state index in [1.165, 1.54) is 11.8 Å². The second kappa shape index (κ2) is 6.19. The standard InChI is InChI=1S/C16H21N3O3/c1-10(20)13-14(19(9-8-17)16(22)15(13)21)11-4-6-12(7-5-11)18(2)3/h4-7,14,21H,8-9,17H2,1-3H3. The third-order valence-corrected chi connectivity index (χ3v) is 3.78. The fourth-order valence-corrected chi connectivity index (χ4v) is 2.68. The van der Waals surface area contributed by atoms with Gasteiger partial charge in [0.05, 0.1) is 11.6 Å². The summed E-state index contributed by atoms with van der Waals surface area (Å²) in [4.78, 5) is 27.4.